The van der Waals surface area contributed by atoms with Gasteiger partial charge in [-0.2, -0.15) is 5.10 Å². The number of H-pyrrole nitrogens is 1. The van der Waals surface area contributed by atoms with Gasteiger partial charge in [-0.3, -0.25) is 9.89 Å². The molecular weight excluding hydrogens is 192 g/mol. The van der Waals surface area contributed by atoms with Crippen LogP contribution in [0.2, 0.25) is 0 Å². The monoisotopic (exact) mass is 208 g/mol. The Bertz CT molecular complexity index is 383. The third-order valence-electron chi connectivity index (χ3n) is 2.86. The predicted molar refractivity (Wildman–Crippen MR) is 57.3 cm³/mol. The van der Waals surface area contributed by atoms with E-state index in [1.54, 1.807) is 0 Å². The number of aromatic amines is 1. The summed E-state index contributed by atoms with van der Waals surface area (Å²) in [4.78, 5) is 13.8. The van der Waals surface area contributed by atoms with Crippen molar-refractivity contribution in [2.24, 2.45) is 5.41 Å². The van der Waals surface area contributed by atoms with Gasteiger partial charge in [-0.25, -0.2) is 0 Å². The van der Waals surface area contributed by atoms with E-state index in [-0.39, 0.29) is 11.3 Å². The molecular formula is C10H16N4O. The topological polar surface area (TPSA) is 75.0 Å². The molecule has 0 aromatic carbocycles. The third kappa shape index (κ3) is 1.82. The first-order chi connectivity index (χ1) is 6.99. The van der Waals surface area contributed by atoms with Gasteiger partial charge in [0.2, 0.25) is 0 Å². The molecule has 82 valence electrons. The van der Waals surface area contributed by atoms with Crippen LogP contribution in [0.15, 0.2) is 6.20 Å². The Labute approximate surface area is 88.6 Å². The van der Waals surface area contributed by atoms with Crippen LogP contribution in [-0.2, 0) is 0 Å². The van der Waals surface area contributed by atoms with E-state index in [2.05, 4.69) is 24.0 Å². The van der Waals surface area contributed by atoms with E-state index in [9.17, 15) is 4.79 Å². The van der Waals surface area contributed by atoms with Gasteiger partial charge in [-0.05, 0) is 11.8 Å². The molecule has 1 aromatic rings. The number of anilines is 1. The summed E-state index contributed by atoms with van der Waals surface area (Å²) in [5.41, 5.74) is 6.31. The lowest BCUT2D eigenvalue weighted by atomic mass is 9.93. The first kappa shape index (κ1) is 10.0. The van der Waals surface area contributed by atoms with E-state index in [1.807, 2.05) is 4.90 Å². The SMILES string of the molecule is CC1(C)CCN(C(=O)c2cn[nH]c2N)C1. The maximum atomic E-state index is 12.0. The second-order valence-corrected chi connectivity index (χ2v) is 4.84. The largest absolute Gasteiger partial charge is 0.383 e. The van der Waals surface area contributed by atoms with Crippen LogP contribution in [0, 0.1) is 5.41 Å². The summed E-state index contributed by atoms with van der Waals surface area (Å²) in [5.74, 6) is 0.330. The normalized spacial score (nSPS) is 19.5. The number of aromatic nitrogens is 2. The zero-order chi connectivity index (χ0) is 11.1. The highest BCUT2D eigenvalue weighted by atomic mass is 16.2. The van der Waals surface area contributed by atoms with Crippen LogP contribution in [0.1, 0.15) is 30.6 Å². The van der Waals surface area contributed by atoms with Gasteiger partial charge in [0, 0.05) is 13.1 Å². The molecule has 5 heteroatoms. The average molecular weight is 208 g/mol. The van der Waals surface area contributed by atoms with Gasteiger partial charge in [-0.1, -0.05) is 13.8 Å². The maximum absolute atomic E-state index is 12.0. The predicted octanol–water partition coefficient (Wildman–Crippen LogP) is 0.864. The molecule has 1 fully saturated rings. The molecule has 5 nitrogen and oxygen atoms in total. The Balaban J connectivity index is 2.14. The Kier molecular flexibility index (Phi) is 2.17. The molecule has 0 bridgehead atoms. The second kappa shape index (κ2) is 3.25. The van der Waals surface area contributed by atoms with Crippen LogP contribution in [-0.4, -0.2) is 34.1 Å². The highest BCUT2D eigenvalue weighted by Crippen LogP contribution is 2.30. The van der Waals surface area contributed by atoms with Crippen molar-refractivity contribution in [2.45, 2.75) is 20.3 Å². The van der Waals surface area contributed by atoms with E-state index in [4.69, 9.17) is 5.73 Å². The molecule has 1 aliphatic rings. The molecule has 1 aromatic heterocycles. The molecule has 0 atom stereocenters. The summed E-state index contributed by atoms with van der Waals surface area (Å²) < 4.78 is 0. The minimum atomic E-state index is -0.0215. The zero-order valence-electron chi connectivity index (χ0n) is 9.08. The molecule has 2 heterocycles. The van der Waals surface area contributed by atoms with E-state index in [0.717, 1.165) is 19.5 Å². The number of nitrogens with one attached hydrogen (secondary N) is 1. The lowest BCUT2D eigenvalue weighted by Gasteiger charge is -2.19. The van der Waals surface area contributed by atoms with Gasteiger partial charge < -0.3 is 10.6 Å². The number of carbonyl (C=O) groups is 1. The second-order valence-electron chi connectivity index (χ2n) is 4.84. The smallest absolute Gasteiger partial charge is 0.259 e. The summed E-state index contributed by atoms with van der Waals surface area (Å²) in [7, 11) is 0. The van der Waals surface area contributed by atoms with Gasteiger partial charge in [0.05, 0.1) is 6.20 Å². The number of rotatable bonds is 1. The van der Waals surface area contributed by atoms with Crippen molar-refractivity contribution in [1.29, 1.82) is 0 Å². The molecule has 15 heavy (non-hydrogen) atoms. The highest BCUT2D eigenvalue weighted by Gasteiger charge is 2.33. The van der Waals surface area contributed by atoms with Crippen molar-refractivity contribution in [3.63, 3.8) is 0 Å². The fourth-order valence-electron chi connectivity index (χ4n) is 1.92. The Morgan fingerprint density at radius 3 is 2.87 bits per heavy atom. The van der Waals surface area contributed by atoms with E-state index < -0.39 is 0 Å². The minimum Gasteiger partial charge on any atom is -0.383 e. The number of hydrogen-bond acceptors (Lipinski definition) is 3. The van der Waals surface area contributed by atoms with Gasteiger partial charge in [-0.15, -0.1) is 0 Å². The van der Waals surface area contributed by atoms with Gasteiger partial charge >= 0.3 is 0 Å². The quantitative estimate of drug-likeness (QED) is 0.719. The van der Waals surface area contributed by atoms with E-state index in [0.29, 0.717) is 11.4 Å². The standard InChI is InChI=1S/C10H16N4O/c1-10(2)3-4-14(6-10)9(15)7-5-12-13-8(7)11/h5H,3-4,6H2,1-2H3,(H3,11,12,13). The molecule has 0 spiro atoms. The van der Waals surface area contributed by atoms with Gasteiger partial charge in [0.25, 0.3) is 5.91 Å². The molecule has 3 N–H and O–H groups in total. The maximum Gasteiger partial charge on any atom is 0.259 e. The number of carbonyl (C=O) groups excluding carboxylic acids is 1. The number of hydrogen-bond donors (Lipinski definition) is 2. The third-order valence-corrected chi connectivity index (χ3v) is 2.86. The first-order valence-electron chi connectivity index (χ1n) is 5.08. The van der Waals surface area contributed by atoms with Gasteiger partial charge in [0.1, 0.15) is 11.4 Å². The number of nitrogens with two attached hydrogens (primary N) is 1. The molecule has 0 saturated carbocycles. The summed E-state index contributed by atoms with van der Waals surface area (Å²) in [6.45, 7) is 5.92. The van der Waals surface area contributed by atoms with Crippen molar-refractivity contribution >= 4 is 11.7 Å². The number of likely N-dealkylation sites (tertiary alicyclic amines) is 1. The van der Waals surface area contributed by atoms with Crippen molar-refractivity contribution < 1.29 is 4.79 Å². The van der Waals surface area contributed by atoms with Crippen molar-refractivity contribution in [2.75, 3.05) is 18.8 Å². The fourth-order valence-corrected chi connectivity index (χ4v) is 1.92. The van der Waals surface area contributed by atoms with Crippen molar-refractivity contribution in [1.82, 2.24) is 15.1 Å². The van der Waals surface area contributed by atoms with Crippen molar-refractivity contribution in [3.05, 3.63) is 11.8 Å². The molecule has 0 aliphatic carbocycles. The molecule has 0 radical (unpaired) electrons. The molecule has 1 aliphatic heterocycles. The summed E-state index contributed by atoms with van der Waals surface area (Å²) in [5, 5.41) is 6.33. The summed E-state index contributed by atoms with van der Waals surface area (Å²) in [6.07, 6.45) is 2.53. The first-order valence-corrected chi connectivity index (χ1v) is 5.08. The van der Waals surface area contributed by atoms with Crippen LogP contribution in [0.3, 0.4) is 0 Å². The Morgan fingerprint density at radius 1 is 1.67 bits per heavy atom. The van der Waals surface area contributed by atoms with E-state index >= 15 is 0 Å². The van der Waals surface area contributed by atoms with Crippen LogP contribution < -0.4 is 5.73 Å². The lowest BCUT2D eigenvalue weighted by molar-refractivity contribution is 0.0779. The van der Waals surface area contributed by atoms with Gasteiger partial charge in [0.15, 0.2) is 0 Å². The summed E-state index contributed by atoms with van der Waals surface area (Å²) >= 11 is 0. The fraction of sp³-hybridized carbons (Fsp3) is 0.600. The molecule has 2 rings (SSSR count). The zero-order valence-corrected chi connectivity index (χ0v) is 9.08. The van der Waals surface area contributed by atoms with Crippen LogP contribution >= 0.6 is 0 Å². The van der Waals surface area contributed by atoms with E-state index in [1.165, 1.54) is 6.20 Å². The van der Waals surface area contributed by atoms with Crippen molar-refractivity contribution in [3.8, 4) is 0 Å². The number of nitrogens with zero attached hydrogens (tertiary/aromatic N) is 2. The lowest BCUT2D eigenvalue weighted by Crippen LogP contribution is -2.30. The van der Waals surface area contributed by atoms with Crippen LogP contribution in [0.25, 0.3) is 0 Å². The Hall–Kier alpha value is -1.52. The van der Waals surface area contributed by atoms with Crippen LogP contribution in [0.5, 0.6) is 0 Å². The molecule has 0 unspecified atom stereocenters. The van der Waals surface area contributed by atoms with Crippen LogP contribution in [0.4, 0.5) is 5.82 Å². The number of amides is 1. The number of nitrogen functional groups attached to an aromatic ring is 1. The Morgan fingerprint density at radius 2 is 2.40 bits per heavy atom. The molecule has 1 saturated heterocycles. The highest BCUT2D eigenvalue weighted by molar-refractivity contribution is 5.98. The summed E-state index contributed by atoms with van der Waals surface area (Å²) in [6, 6.07) is 0. The minimum absolute atomic E-state index is 0.0215. The molecule has 1 amide bonds. The average Bonchev–Trinajstić information content (AvgIpc) is 2.71.